The second kappa shape index (κ2) is 7.00. The Morgan fingerprint density at radius 1 is 0.920 bits per heavy atom. The number of rotatable bonds is 3. The van der Waals surface area contributed by atoms with Gasteiger partial charge in [-0.05, 0) is 36.4 Å². The molecule has 3 aromatic rings. The summed E-state index contributed by atoms with van der Waals surface area (Å²) in [6.45, 7) is 0. The zero-order valence-corrected chi connectivity index (χ0v) is 14.0. The Morgan fingerprint density at radius 2 is 1.72 bits per heavy atom. The normalized spacial score (nSPS) is 10.3. The molecule has 0 radical (unpaired) electrons. The van der Waals surface area contributed by atoms with Gasteiger partial charge in [0, 0.05) is 30.7 Å². The van der Waals surface area contributed by atoms with Crippen LogP contribution in [0.5, 0.6) is 0 Å². The molecule has 0 saturated heterocycles. The Labute approximate surface area is 145 Å². The molecule has 25 heavy (non-hydrogen) atoms. The summed E-state index contributed by atoms with van der Waals surface area (Å²) >= 11 is 0. The van der Waals surface area contributed by atoms with Crippen LogP contribution in [0.4, 0.5) is 16.3 Å². The van der Waals surface area contributed by atoms with Crippen molar-refractivity contribution in [1.29, 1.82) is 0 Å². The lowest BCUT2D eigenvalue weighted by Gasteiger charge is -2.12. The highest BCUT2D eigenvalue weighted by atomic mass is 16.2. The van der Waals surface area contributed by atoms with Crippen molar-refractivity contribution in [3.8, 4) is 0 Å². The number of hydrogen-bond acceptors (Lipinski definition) is 3. The van der Waals surface area contributed by atoms with Crippen molar-refractivity contribution in [2.24, 2.45) is 0 Å². The fraction of sp³-hybridized carbons (Fsp3) is 0.105. The van der Waals surface area contributed by atoms with E-state index in [9.17, 15) is 9.59 Å². The van der Waals surface area contributed by atoms with Gasteiger partial charge in [-0.25, -0.2) is 9.78 Å². The molecule has 2 aromatic carbocycles. The number of aromatic nitrogens is 1. The predicted octanol–water partition coefficient (Wildman–Crippen LogP) is 3.58. The van der Waals surface area contributed by atoms with Crippen LogP contribution in [-0.4, -0.2) is 35.9 Å². The summed E-state index contributed by atoms with van der Waals surface area (Å²) in [7, 11) is 3.30. The summed E-state index contributed by atoms with van der Waals surface area (Å²) < 4.78 is 0. The standard InChI is InChI=1S/C19H18N4O2/c1-23(2)19(25)20-15-8-5-7-14(12-15)18(24)22-17-11-10-13-6-3-4-9-16(13)21-17/h3-12H,1-2H3,(H,20,25)(H,21,22,24). The van der Waals surface area contributed by atoms with Gasteiger partial charge in [0.05, 0.1) is 5.52 Å². The molecule has 0 aliphatic carbocycles. The fourth-order valence-corrected chi connectivity index (χ4v) is 2.30. The molecule has 0 fully saturated rings. The molecule has 0 atom stereocenters. The summed E-state index contributed by atoms with van der Waals surface area (Å²) in [5, 5.41) is 6.50. The third-order valence-electron chi connectivity index (χ3n) is 3.62. The molecule has 1 heterocycles. The fourth-order valence-electron chi connectivity index (χ4n) is 2.30. The van der Waals surface area contributed by atoms with Gasteiger partial charge in [-0.3, -0.25) is 4.79 Å². The monoisotopic (exact) mass is 334 g/mol. The molecule has 6 nitrogen and oxygen atoms in total. The molecule has 3 amide bonds. The molecule has 0 saturated carbocycles. The Bertz CT molecular complexity index is 937. The zero-order chi connectivity index (χ0) is 17.8. The van der Waals surface area contributed by atoms with Gasteiger partial charge in [-0.15, -0.1) is 0 Å². The van der Waals surface area contributed by atoms with E-state index in [0.717, 1.165) is 10.9 Å². The summed E-state index contributed by atoms with van der Waals surface area (Å²) in [6, 6.07) is 17.9. The molecule has 0 aliphatic rings. The lowest BCUT2D eigenvalue weighted by molar-refractivity contribution is 0.102. The van der Waals surface area contributed by atoms with Crippen molar-refractivity contribution in [3.05, 3.63) is 66.2 Å². The molecule has 0 bridgehead atoms. The Hall–Kier alpha value is -3.41. The van der Waals surface area contributed by atoms with E-state index >= 15 is 0 Å². The van der Waals surface area contributed by atoms with Crippen LogP contribution in [0, 0.1) is 0 Å². The van der Waals surface area contributed by atoms with Crippen molar-refractivity contribution in [2.75, 3.05) is 24.7 Å². The van der Waals surface area contributed by atoms with E-state index in [0.29, 0.717) is 17.1 Å². The van der Waals surface area contributed by atoms with Gasteiger partial charge in [0.25, 0.3) is 5.91 Å². The number of anilines is 2. The van der Waals surface area contributed by atoms with E-state index in [1.807, 2.05) is 30.3 Å². The lowest BCUT2D eigenvalue weighted by atomic mass is 10.2. The van der Waals surface area contributed by atoms with Crippen LogP contribution >= 0.6 is 0 Å². The number of pyridine rings is 1. The largest absolute Gasteiger partial charge is 0.331 e. The minimum Gasteiger partial charge on any atom is -0.331 e. The number of benzene rings is 2. The number of carbonyl (C=O) groups is 2. The molecule has 0 spiro atoms. The maximum Gasteiger partial charge on any atom is 0.321 e. The molecule has 126 valence electrons. The van der Waals surface area contributed by atoms with Crippen LogP contribution in [0.2, 0.25) is 0 Å². The van der Waals surface area contributed by atoms with Gasteiger partial charge < -0.3 is 15.5 Å². The molecule has 3 rings (SSSR count). The summed E-state index contributed by atoms with van der Waals surface area (Å²) in [4.78, 5) is 30.0. The average Bonchev–Trinajstić information content (AvgIpc) is 2.61. The second-order valence-electron chi connectivity index (χ2n) is 5.75. The van der Waals surface area contributed by atoms with E-state index in [1.54, 1.807) is 44.4 Å². The Morgan fingerprint density at radius 3 is 2.52 bits per heavy atom. The molecule has 6 heteroatoms. The maximum atomic E-state index is 12.4. The van der Waals surface area contributed by atoms with E-state index in [1.165, 1.54) is 4.90 Å². The molecule has 0 unspecified atom stereocenters. The minimum atomic E-state index is -0.288. The zero-order valence-electron chi connectivity index (χ0n) is 14.0. The first-order valence-corrected chi connectivity index (χ1v) is 7.78. The van der Waals surface area contributed by atoms with E-state index in [-0.39, 0.29) is 11.9 Å². The van der Waals surface area contributed by atoms with Crippen LogP contribution < -0.4 is 10.6 Å². The number of hydrogen-bond donors (Lipinski definition) is 2. The van der Waals surface area contributed by atoms with Crippen LogP contribution in [-0.2, 0) is 0 Å². The Kier molecular flexibility index (Phi) is 4.61. The van der Waals surface area contributed by atoms with Crippen molar-refractivity contribution in [1.82, 2.24) is 9.88 Å². The first-order valence-electron chi connectivity index (χ1n) is 7.78. The number of carbonyl (C=O) groups excluding carboxylic acids is 2. The van der Waals surface area contributed by atoms with Crippen molar-refractivity contribution in [3.63, 3.8) is 0 Å². The topological polar surface area (TPSA) is 74.3 Å². The highest BCUT2D eigenvalue weighted by molar-refractivity contribution is 6.05. The van der Waals surface area contributed by atoms with Crippen LogP contribution in [0.15, 0.2) is 60.7 Å². The van der Waals surface area contributed by atoms with E-state index in [4.69, 9.17) is 0 Å². The third kappa shape index (κ3) is 3.92. The van der Waals surface area contributed by atoms with Crippen LogP contribution in [0.3, 0.4) is 0 Å². The first kappa shape index (κ1) is 16.4. The number of nitrogens with zero attached hydrogens (tertiary/aromatic N) is 2. The van der Waals surface area contributed by atoms with Gasteiger partial charge in [0.2, 0.25) is 0 Å². The Balaban J connectivity index is 1.77. The lowest BCUT2D eigenvalue weighted by Crippen LogP contribution is -2.27. The third-order valence-corrected chi connectivity index (χ3v) is 3.62. The van der Waals surface area contributed by atoms with Crippen molar-refractivity contribution < 1.29 is 9.59 Å². The van der Waals surface area contributed by atoms with Crippen LogP contribution in [0.1, 0.15) is 10.4 Å². The van der Waals surface area contributed by atoms with Crippen molar-refractivity contribution >= 4 is 34.3 Å². The molecule has 2 N–H and O–H groups in total. The molecule has 1 aromatic heterocycles. The highest BCUT2D eigenvalue weighted by Gasteiger charge is 2.10. The number of fused-ring (bicyclic) bond motifs is 1. The molecule has 0 aliphatic heterocycles. The van der Waals surface area contributed by atoms with Gasteiger partial charge in [-0.1, -0.05) is 24.3 Å². The summed E-state index contributed by atoms with van der Waals surface area (Å²) in [6.07, 6.45) is 0. The summed E-state index contributed by atoms with van der Waals surface area (Å²) in [5.74, 6) is 0.190. The van der Waals surface area contributed by atoms with Crippen molar-refractivity contribution in [2.45, 2.75) is 0 Å². The van der Waals surface area contributed by atoms with E-state index in [2.05, 4.69) is 15.6 Å². The van der Waals surface area contributed by atoms with Gasteiger partial charge in [-0.2, -0.15) is 0 Å². The SMILES string of the molecule is CN(C)C(=O)Nc1cccc(C(=O)Nc2ccc3ccccc3n2)c1. The van der Waals surface area contributed by atoms with Gasteiger partial charge in [0.1, 0.15) is 5.82 Å². The second-order valence-corrected chi connectivity index (χ2v) is 5.75. The molecular weight excluding hydrogens is 316 g/mol. The quantitative estimate of drug-likeness (QED) is 0.769. The number of amides is 3. The smallest absolute Gasteiger partial charge is 0.321 e. The average molecular weight is 334 g/mol. The van der Waals surface area contributed by atoms with Gasteiger partial charge >= 0.3 is 6.03 Å². The van der Waals surface area contributed by atoms with E-state index < -0.39 is 0 Å². The van der Waals surface area contributed by atoms with Gasteiger partial charge in [0.15, 0.2) is 0 Å². The predicted molar refractivity (Wildman–Crippen MR) is 98.8 cm³/mol. The highest BCUT2D eigenvalue weighted by Crippen LogP contribution is 2.16. The molecular formula is C19H18N4O2. The van der Waals surface area contributed by atoms with Crippen LogP contribution in [0.25, 0.3) is 10.9 Å². The minimum absolute atomic E-state index is 0.256. The number of urea groups is 1. The number of nitrogens with one attached hydrogen (secondary N) is 2. The maximum absolute atomic E-state index is 12.4. The number of para-hydroxylation sites is 1. The first-order chi connectivity index (χ1) is 12.0. The summed E-state index contributed by atoms with van der Waals surface area (Å²) in [5.41, 5.74) is 1.80.